The number of rotatable bonds is 2. The van der Waals surface area contributed by atoms with Gasteiger partial charge in [-0.05, 0) is 17.7 Å². The summed E-state index contributed by atoms with van der Waals surface area (Å²) in [4.78, 5) is 24.7. The number of aromatic amines is 1. The molecule has 0 fully saturated rings. The number of methoxy groups -OCH3 is 1. The number of H-pyrrole nitrogens is 1. The molecule has 0 radical (unpaired) electrons. The van der Waals surface area contributed by atoms with Crippen molar-refractivity contribution >= 4 is 12.0 Å². The van der Waals surface area contributed by atoms with Gasteiger partial charge < -0.3 is 14.8 Å². The molecule has 1 aromatic heterocycles. The second-order valence-corrected chi connectivity index (χ2v) is 3.59. The van der Waals surface area contributed by atoms with E-state index in [-0.39, 0.29) is 17.6 Å². The number of nitrogens with one attached hydrogen (secondary N) is 1. The van der Waals surface area contributed by atoms with E-state index >= 15 is 0 Å². The SMILES string of the molecule is COC1CC(C(=O)O)=Cc2ccc(=O)[nH]c21. The zero-order valence-electron chi connectivity index (χ0n) is 8.69. The second-order valence-electron chi connectivity index (χ2n) is 3.59. The monoisotopic (exact) mass is 221 g/mol. The summed E-state index contributed by atoms with van der Waals surface area (Å²) in [7, 11) is 1.49. The first-order valence-electron chi connectivity index (χ1n) is 4.81. The molecule has 1 aromatic rings. The van der Waals surface area contributed by atoms with Gasteiger partial charge in [0.05, 0.1) is 5.69 Å². The van der Waals surface area contributed by atoms with Gasteiger partial charge in [-0.15, -0.1) is 0 Å². The molecular formula is C11H11NO4. The molecule has 1 aliphatic rings. The van der Waals surface area contributed by atoms with Crippen molar-refractivity contribution in [1.82, 2.24) is 4.98 Å². The molecule has 0 spiro atoms. The van der Waals surface area contributed by atoms with Crippen LogP contribution >= 0.6 is 0 Å². The number of carboxylic acids is 1. The van der Waals surface area contributed by atoms with Gasteiger partial charge in [0.1, 0.15) is 6.10 Å². The van der Waals surface area contributed by atoms with Crippen LogP contribution in [-0.4, -0.2) is 23.2 Å². The van der Waals surface area contributed by atoms with E-state index in [4.69, 9.17) is 9.84 Å². The maximum atomic E-state index is 11.2. The maximum absolute atomic E-state index is 11.2. The van der Waals surface area contributed by atoms with Crippen LogP contribution in [0.3, 0.4) is 0 Å². The molecule has 1 unspecified atom stereocenters. The van der Waals surface area contributed by atoms with E-state index in [2.05, 4.69) is 4.98 Å². The Morgan fingerprint density at radius 2 is 2.31 bits per heavy atom. The van der Waals surface area contributed by atoms with Crippen LogP contribution in [0.15, 0.2) is 22.5 Å². The molecule has 84 valence electrons. The zero-order valence-corrected chi connectivity index (χ0v) is 8.69. The molecule has 0 saturated heterocycles. The fourth-order valence-electron chi connectivity index (χ4n) is 1.79. The van der Waals surface area contributed by atoms with E-state index in [9.17, 15) is 9.59 Å². The van der Waals surface area contributed by atoms with Crippen LogP contribution in [0.25, 0.3) is 6.08 Å². The highest BCUT2D eigenvalue weighted by molar-refractivity contribution is 5.93. The number of pyridine rings is 1. The number of hydrogen-bond donors (Lipinski definition) is 2. The summed E-state index contributed by atoms with van der Waals surface area (Å²) < 4.78 is 5.18. The van der Waals surface area contributed by atoms with Gasteiger partial charge in [0.2, 0.25) is 5.56 Å². The molecule has 16 heavy (non-hydrogen) atoms. The third kappa shape index (κ3) is 1.77. The van der Waals surface area contributed by atoms with Gasteiger partial charge in [0.15, 0.2) is 0 Å². The highest BCUT2D eigenvalue weighted by Crippen LogP contribution is 2.31. The summed E-state index contributed by atoms with van der Waals surface area (Å²) in [5, 5.41) is 8.94. The lowest BCUT2D eigenvalue weighted by molar-refractivity contribution is -0.133. The fraction of sp³-hybridized carbons (Fsp3) is 0.273. The first kappa shape index (κ1) is 10.6. The number of aliphatic carboxylic acids is 1. The van der Waals surface area contributed by atoms with Crippen molar-refractivity contribution in [3.05, 3.63) is 39.3 Å². The molecule has 0 amide bonds. The smallest absolute Gasteiger partial charge is 0.331 e. The quantitative estimate of drug-likeness (QED) is 0.778. The van der Waals surface area contributed by atoms with Crippen LogP contribution < -0.4 is 5.56 Å². The van der Waals surface area contributed by atoms with Crippen molar-refractivity contribution in [2.75, 3.05) is 7.11 Å². The van der Waals surface area contributed by atoms with Crippen LogP contribution in [0, 0.1) is 0 Å². The number of carboxylic acid groups (broad SMARTS) is 1. The highest BCUT2D eigenvalue weighted by Gasteiger charge is 2.24. The van der Waals surface area contributed by atoms with Crippen LogP contribution in [0.1, 0.15) is 23.8 Å². The largest absolute Gasteiger partial charge is 0.478 e. The first-order valence-corrected chi connectivity index (χ1v) is 4.81. The van der Waals surface area contributed by atoms with E-state index in [1.807, 2.05) is 0 Å². The van der Waals surface area contributed by atoms with E-state index in [0.29, 0.717) is 11.3 Å². The van der Waals surface area contributed by atoms with E-state index in [0.717, 1.165) is 0 Å². The molecule has 1 heterocycles. The normalized spacial score (nSPS) is 18.8. The topological polar surface area (TPSA) is 79.4 Å². The predicted octanol–water partition coefficient (Wildman–Crippen LogP) is 0.934. The molecule has 5 heteroatoms. The molecule has 0 bridgehead atoms. The molecule has 0 saturated carbocycles. The van der Waals surface area contributed by atoms with Crippen LogP contribution in [0.4, 0.5) is 0 Å². The Balaban J connectivity index is 2.55. The van der Waals surface area contributed by atoms with E-state index in [1.165, 1.54) is 13.2 Å². The third-order valence-electron chi connectivity index (χ3n) is 2.60. The summed E-state index contributed by atoms with van der Waals surface area (Å²) >= 11 is 0. The zero-order chi connectivity index (χ0) is 11.7. The summed E-state index contributed by atoms with van der Waals surface area (Å²) in [5.41, 5.74) is 1.40. The fourth-order valence-corrected chi connectivity index (χ4v) is 1.79. The average Bonchev–Trinajstić information content (AvgIpc) is 2.27. The predicted molar refractivity (Wildman–Crippen MR) is 57.0 cm³/mol. The Kier molecular flexibility index (Phi) is 2.62. The lowest BCUT2D eigenvalue weighted by Gasteiger charge is -2.22. The molecule has 1 aliphatic carbocycles. The number of carbonyl (C=O) groups is 1. The van der Waals surface area contributed by atoms with Crippen LogP contribution in [0.5, 0.6) is 0 Å². The Bertz CT molecular complexity index is 515. The van der Waals surface area contributed by atoms with Gasteiger partial charge in [-0.2, -0.15) is 0 Å². The minimum absolute atomic E-state index is 0.215. The minimum Gasteiger partial charge on any atom is -0.478 e. The standard InChI is InChI=1S/C11H11NO4/c1-16-8-5-7(11(14)15)4-6-2-3-9(13)12-10(6)8/h2-4,8H,5H2,1H3,(H,12,13)(H,14,15). The van der Waals surface area contributed by atoms with Gasteiger partial charge in [0.25, 0.3) is 0 Å². The number of hydrogen-bond acceptors (Lipinski definition) is 3. The summed E-state index contributed by atoms with van der Waals surface area (Å²) in [6.07, 6.45) is 1.42. The highest BCUT2D eigenvalue weighted by atomic mass is 16.5. The Hall–Kier alpha value is -1.88. The van der Waals surface area contributed by atoms with E-state index < -0.39 is 12.1 Å². The van der Waals surface area contributed by atoms with Gasteiger partial charge in [-0.25, -0.2) is 4.79 Å². The van der Waals surface area contributed by atoms with Gasteiger partial charge in [-0.1, -0.05) is 0 Å². The minimum atomic E-state index is -0.959. The Labute approximate surface area is 91.4 Å². The average molecular weight is 221 g/mol. The second kappa shape index (κ2) is 3.94. The Morgan fingerprint density at radius 3 is 2.94 bits per heavy atom. The molecule has 0 aromatic carbocycles. The lowest BCUT2D eigenvalue weighted by atomic mass is 9.94. The number of aromatic nitrogens is 1. The number of ether oxygens (including phenoxy) is 1. The molecule has 5 nitrogen and oxygen atoms in total. The molecule has 1 atom stereocenters. The van der Waals surface area contributed by atoms with Gasteiger partial charge in [-0.3, -0.25) is 4.79 Å². The van der Waals surface area contributed by atoms with Crippen LogP contribution in [-0.2, 0) is 9.53 Å². The molecular weight excluding hydrogens is 210 g/mol. The van der Waals surface area contributed by atoms with Crippen LogP contribution in [0.2, 0.25) is 0 Å². The van der Waals surface area contributed by atoms with E-state index in [1.54, 1.807) is 12.1 Å². The molecule has 0 aliphatic heterocycles. The molecule has 2 N–H and O–H groups in total. The molecule has 2 rings (SSSR count). The number of fused-ring (bicyclic) bond motifs is 1. The van der Waals surface area contributed by atoms with Crippen molar-refractivity contribution in [2.24, 2.45) is 0 Å². The van der Waals surface area contributed by atoms with Crippen molar-refractivity contribution in [3.63, 3.8) is 0 Å². The van der Waals surface area contributed by atoms with Gasteiger partial charge >= 0.3 is 5.97 Å². The summed E-state index contributed by atoms with van der Waals surface area (Å²) in [6, 6.07) is 2.97. The maximum Gasteiger partial charge on any atom is 0.331 e. The summed E-state index contributed by atoms with van der Waals surface area (Å²) in [5.74, 6) is -0.959. The third-order valence-corrected chi connectivity index (χ3v) is 2.60. The lowest BCUT2D eigenvalue weighted by Crippen LogP contribution is -2.19. The summed E-state index contributed by atoms with van der Waals surface area (Å²) in [6.45, 7) is 0. The van der Waals surface area contributed by atoms with Crippen molar-refractivity contribution < 1.29 is 14.6 Å². The van der Waals surface area contributed by atoms with Crippen molar-refractivity contribution in [3.8, 4) is 0 Å². The first-order chi connectivity index (χ1) is 7.61. The van der Waals surface area contributed by atoms with Crippen molar-refractivity contribution in [2.45, 2.75) is 12.5 Å². The Morgan fingerprint density at radius 1 is 1.56 bits per heavy atom. The van der Waals surface area contributed by atoms with Gasteiger partial charge in [0, 0.05) is 25.2 Å². The van der Waals surface area contributed by atoms with Crippen molar-refractivity contribution in [1.29, 1.82) is 0 Å².